The van der Waals surface area contributed by atoms with Crippen LogP contribution in [0.2, 0.25) is 0 Å². The first-order valence-corrected chi connectivity index (χ1v) is 14.8. The molecule has 0 aliphatic heterocycles. The summed E-state index contributed by atoms with van der Waals surface area (Å²) in [6.07, 6.45) is 5.41. The molecule has 0 bridgehead atoms. The number of para-hydroxylation sites is 2. The van der Waals surface area contributed by atoms with Gasteiger partial charge in [-0.15, -0.1) is 0 Å². The normalized spacial score (nSPS) is 14.5. The topological polar surface area (TPSA) is 65.4 Å². The molecule has 1 fully saturated rings. The van der Waals surface area contributed by atoms with Gasteiger partial charge < -0.3 is 19.4 Å². The summed E-state index contributed by atoms with van der Waals surface area (Å²) in [4.78, 5) is 19.9. The highest BCUT2D eigenvalue weighted by molar-refractivity contribution is 5.88. The van der Waals surface area contributed by atoms with Crippen LogP contribution >= 0.6 is 0 Å². The van der Waals surface area contributed by atoms with E-state index >= 15 is 0 Å². The maximum Gasteiger partial charge on any atom is 0.244 e. The molecule has 0 radical (unpaired) electrons. The van der Waals surface area contributed by atoms with Gasteiger partial charge in [0.2, 0.25) is 5.91 Å². The molecular formula is C36H37N3O3. The van der Waals surface area contributed by atoms with E-state index < -0.39 is 6.04 Å². The van der Waals surface area contributed by atoms with Crippen LogP contribution in [0.3, 0.4) is 0 Å². The molecular weight excluding hydrogens is 522 g/mol. The minimum Gasteiger partial charge on any atom is -0.497 e. The molecule has 6 heteroatoms. The lowest BCUT2D eigenvalue weighted by Crippen LogP contribution is -2.40. The zero-order valence-corrected chi connectivity index (χ0v) is 24.2. The van der Waals surface area contributed by atoms with Crippen molar-refractivity contribution >= 4 is 16.9 Å². The number of carbonyl (C=O) groups excluding carboxylic acids is 1. The smallest absolute Gasteiger partial charge is 0.244 e. The summed E-state index contributed by atoms with van der Waals surface area (Å²) < 4.78 is 13.5. The standard InChI is InChI=1S/C36H37N3O3/c1-41-28-22-23-29(32(24-28)42-2)35-37-30-20-12-13-21-31(30)39(35)34(27-18-10-5-11-19-27)36(40)38-33(25-14-6-3-7-15-25)26-16-8-4-9-17-26/h3-4,6-9,12-17,20-24,27,33-34H,5,10-11,18-19H2,1-2H3,(H,38,40). The average Bonchev–Trinajstić information content (AvgIpc) is 3.43. The maximum absolute atomic E-state index is 14.8. The van der Waals surface area contributed by atoms with Crippen molar-refractivity contribution < 1.29 is 14.3 Å². The maximum atomic E-state index is 14.8. The Hall–Kier alpha value is -4.58. The molecule has 1 N–H and O–H groups in total. The van der Waals surface area contributed by atoms with E-state index in [1.54, 1.807) is 14.2 Å². The van der Waals surface area contributed by atoms with Crippen molar-refractivity contribution in [1.29, 1.82) is 0 Å². The lowest BCUT2D eigenvalue weighted by molar-refractivity contribution is -0.126. The summed E-state index contributed by atoms with van der Waals surface area (Å²) in [6.45, 7) is 0. The zero-order valence-electron chi connectivity index (χ0n) is 24.2. The van der Waals surface area contributed by atoms with Gasteiger partial charge in [0.25, 0.3) is 0 Å². The first kappa shape index (κ1) is 27.6. The number of hydrogen-bond donors (Lipinski definition) is 1. The zero-order chi connectivity index (χ0) is 28.9. The number of aromatic nitrogens is 2. The molecule has 6 nitrogen and oxygen atoms in total. The van der Waals surface area contributed by atoms with E-state index in [4.69, 9.17) is 14.5 Å². The van der Waals surface area contributed by atoms with Crippen LogP contribution in [-0.4, -0.2) is 29.7 Å². The largest absolute Gasteiger partial charge is 0.497 e. The van der Waals surface area contributed by atoms with Crippen molar-refractivity contribution in [2.75, 3.05) is 14.2 Å². The molecule has 1 amide bonds. The number of amides is 1. The number of methoxy groups -OCH3 is 2. The van der Waals surface area contributed by atoms with Gasteiger partial charge in [-0.1, -0.05) is 92.1 Å². The number of benzene rings is 4. The molecule has 1 atom stereocenters. The molecule has 1 aliphatic rings. The fourth-order valence-electron chi connectivity index (χ4n) is 6.37. The first-order valence-electron chi connectivity index (χ1n) is 14.8. The SMILES string of the molecule is COc1ccc(-c2nc3ccccc3n2C(C(=O)NC(c2ccccc2)c2ccccc2)C2CCCCC2)c(OC)c1. The molecule has 0 saturated heterocycles. The van der Waals surface area contributed by atoms with Gasteiger partial charge in [-0.25, -0.2) is 4.98 Å². The van der Waals surface area contributed by atoms with Gasteiger partial charge in [-0.2, -0.15) is 0 Å². The van der Waals surface area contributed by atoms with E-state index in [1.807, 2.05) is 72.8 Å². The second kappa shape index (κ2) is 12.5. The van der Waals surface area contributed by atoms with Gasteiger partial charge >= 0.3 is 0 Å². The number of carbonyl (C=O) groups is 1. The van der Waals surface area contributed by atoms with Crippen molar-refractivity contribution in [3.63, 3.8) is 0 Å². The number of nitrogens with one attached hydrogen (secondary N) is 1. The quantitative estimate of drug-likeness (QED) is 0.201. The van der Waals surface area contributed by atoms with E-state index in [2.05, 4.69) is 40.2 Å². The summed E-state index contributed by atoms with van der Waals surface area (Å²) in [7, 11) is 3.30. The predicted molar refractivity (Wildman–Crippen MR) is 167 cm³/mol. The fraction of sp³-hybridized carbons (Fsp3) is 0.278. The van der Waals surface area contributed by atoms with E-state index in [-0.39, 0.29) is 17.9 Å². The van der Waals surface area contributed by atoms with E-state index in [0.717, 1.165) is 59.2 Å². The van der Waals surface area contributed by atoms with Crippen LogP contribution in [0.4, 0.5) is 0 Å². The van der Waals surface area contributed by atoms with Crippen LogP contribution in [0.15, 0.2) is 103 Å². The van der Waals surface area contributed by atoms with Crippen molar-refractivity contribution in [2.45, 2.75) is 44.2 Å². The molecule has 214 valence electrons. The summed E-state index contributed by atoms with van der Waals surface area (Å²) in [5.74, 6) is 2.24. The Morgan fingerprint density at radius 2 is 1.45 bits per heavy atom. The van der Waals surface area contributed by atoms with Crippen LogP contribution in [0, 0.1) is 5.92 Å². The van der Waals surface area contributed by atoms with E-state index in [9.17, 15) is 4.79 Å². The number of rotatable bonds is 9. The van der Waals surface area contributed by atoms with Crippen LogP contribution in [-0.2, 0) is 4.79 Å². The Kier molecular flexibility index (Phi) is 8.22. The minimum absolute atomic E-state index is 0.00325. The van der Waals surface area contributed by atoms with E-state index in [1.165, 1.54) is 6.42 Å². The Balaban J connectivity index is 1.51. The molecule has 6 rings (SSSR count). The summed E-state index contributed by atoms with van der Waals surface area (Å²) >= 11 is 0. The van der Waals surface area contributed by atoms with Crippen molar-refractivity contribution in [2.24, 2.45) is 5.92 Å². The molecule has 1 aromatic heterocycles. The Labute approximate surface area is 247 Å². The lowest BCUT2D eigenvalue weighted by atomic mass is 9.82. The average molecular weight is 560 g/mol. The second-order valence-electron chi connectivity index (χ2n) is 11.0. The van der Waals surface area contributed by atoms with Crippen LogP contribution in [0.25, 0.3) is 22.4 Å². The van der Waals surface area contributed by atoms with Gasteiger partial charge in [0.1, 0.15) is 23.4 Å². The van der Waals surface area contributed by atoms with Crippen molar-refractivity contribution in [1.82, 2.24) is 14.9 Å². The molecule has 1 aliphatic carbocycles. The number of fused-ring (bicyclic) bond motifs is 1. The van der Waals surface area contributed by atoms with Gasteiger partial charge in [0.15, 0.2) is 0 Å². The summed E-state index contributed by atoms with van der Waals surface area (Å²) in [6, 6.07) is 33.5. The van der Waals surface area contributed by atoms with Crippen molar-refractivity contribution in [3.05, 3.63) is 114 Å². The first-order chi connectivity index (χ1) is 20.7. The molecule has 4 aromatic carbocycles. The monoisotopic (exact) mass is 559 g/mol. The number of imidazole rings is 1. The van der Waals surface area contributed by atoms with Gasteiger partial charge in [0, 0.05) is 6.07 Å². The molecule has 1 unspecified atom stereocenters. The Morgan fingerprint density at radius 3 is 2.10 bits per heavy atom. The molecule has 1 heterocycles. The third-order valence-electron chi connectivity index (χ3n) is 8.44. The molecule has 42 heavy (non-hydrogen) atoms. The summed E-state index contributed by atoms with van der Waals surface area (Å²) in [5, 5.41) is 3.49. The third kappa shape index (κ3) is 5.49. The Morgan fingerprint density at radius 1 is 0.810 bits per heavy atom. The van der Waals surface area contributed by atoms with E-state index in [0.29, 0.717) is 11.5 Å². The highest BCUT2D eigenvalue weighted by Gasteiger charge is 2.36. The van der Waals surface area contributed by atoms with Gasteiger partial charge in [0.05, 0.1) is 36.9 Å². The highest BCUT2D eigenvalue weighted by Crippen LogP contribution is 2.41. The highest BCUT2D eigenvalue weighted by atomic mass is 16.5. The van der Waals surface area contributed by atoms with Crippen LogP contribution in [0.5, 0.6) is 11.5 Å². The molecule has 0 spiro atoms. The second-order valence-corrected chi connectivity index (χ2v) is 11.0. The minimum atomic E-state index is -0.450. The van der Waals surface area contributed by atoms with Crippen LogP contribution < -0.4 is 14.8 Å². The van der Waals surface area contributed by atoms with Gasteiger partial charge in [-0.05, 0) is 54.2 Å². The van der Waals surface area contributed by atoms with Crippen LogP contribution in [0.1, 0.15) is 55.3 Å². The predicted octanol–water partition coefficient (Wildman–Crippen LogP) is 7.75. The van der Waals surface area contributed by atoms with Crippen molar-refractivity contribution in [3.8, 4) is 22.9 Å². The lowest BCUT2D eigenvalue weighted by Gasteiger charge is -2.33. The third-order valence-corrected chi connectivity index (χ3v) is 8.44. The summed E-state index contributed by atoms with van der Waals surface area (Å²) in [5.41, 5.74) is 4.71. The Bertz CT molecular complexity index is 1600. The number of ether oxygens (including phenoxy) is 2. The molecule has 1 saturated carbocycles. The number of nitrogens with zero attached hydrogens (tertiary/aromatic N) is 2. The fourth-order valence-corrected chi connectivity index (χ4v) is 6.37. The van der Waals surface area contributed by atoms with Gasteiger partial charge in [-0.3, -0.25) is 4.79 Å². The number of hydrogen-bond acceptors (Lipinski definition) is 4. The molecule has 5 aromatic rings.